The minimum Gasteiger partial charge on any atom is -0.507 e. The third kappa shape index (κ3) is 3.13. The number of nitrogens with one attached hydrogen (secondary N) is 2. The lowest BCUT2D eigenvalue weighted by molar-refractivity contribution is 0.476. The lowest BCUT2D eigenvalue weighted by Crippen LogP contribution is -2.38. The van der Waals surface area contributed by atoms with E-state index in [1.54, 1.807) is 18.5 Å². The molecule has 0 unspecified atom stereocenters. The number of piperidine rings is 1. The summed E-state index contributed by atoms with van der Waals surface area (Å²) in [5.41, 5.74) is 2.31. The van der Waals surface area contributed by atoms with E-state index in [-0.39, 0.29) is 5.75 Å². The number of phenols is 1. The summed E-state index contributed by atoms with van der Waals surface area (Å²) in [6.45, 7) is 3.94. The van der Waals surface area contributed by atoms with Crippen molar-refractivity contribution in [3.8, 4) is 17.0 Å². The topological polar surface area (TPSA) is 83.0 Å². The van der Waals surface area contributed by atoms with Crippen LogP contribution in [0, 0.1) is 6.92 Å². The molecular formula is C19H21N5O. The number of aryl methyl sites for hydroxylation is 1. The molecule has 1 aromatic carbocycles. The Hall–Kier alpha value is -2.73. The zero-order chi connectivity index (χ0) is 17.2. The van der Waals surface area contributed by atoms with E-state index in [0.717, 1.165) is 48.1 Å². The zero-order valence-corrected chi connectivity index (χ0v) is 14.2. The van der Waals surface area contributed by atoms with Gasteiger partial charge in [-0.25, -0.2) is 0 Å². The van der Waals surface area contributed by atoms with E-state index >= 15 is 0 Å². The molecule has 1 saturated heterocycles. The van der Waals surface area contributed by atoms with Crippen molar-refractivity contribution < 1.29 is 5.11 Å². The van der Waals surface area contributed by atoms with Crippen molar-refractivity contribution in [1.29, 1.82) is 0 Å². The minimum absolute atomic E-state index is 0.205. The summed E-state index contributed by atoms with van der Waals surface area (Å²) in [5, 5.41) is 27.9. The predicted molar refractivity (Wildman–Crippen MR) is 98.7 cm³/mol. The third-order valence-electron chi connectivity index (χ3n) is 4.63. The molecule has 1 fully saturated rings. The molecule has 2 aromatic heterocycles. The highest BCUT2D eigenvalue weighted by molar-refractivity contribution is 6.00. The van der Waals surface area contributed by atoms with Gasteiger partial charge in [0, 0.05) is 41.3 Å². The molecule has 25 heavy (non-hydrogen) atoms. The molecule has 0 radical (unpaired) electrons. The first-order valence-electron chi connectivity index (χ1n) is 8.60. The molecule has 0 bridgehead atoms. The van der Waals surface area contributed by atoms with E-state index in [4.69, 9.17) is 0 Å². The number of phenolic OH excluding ortho intramolecular Hbond substituents is 1. The zero-order valence-electron chi connectivity index (χ0n) is 14.2. The van der Waals surface area contributed by atoms with Crippen LogP contribution in [0.5, 0.6) is 5.75 Å². The second-order valence-electron chi connectivity index (χ2n) is 6.53. The van der Waals surface area contributed by atoms with Crippen LogP contribution in [-0.4, -0.2) is 39.4 Å². The van der Waals surface area contributed by atoms with Gasteiger partial charge in [-0.2, -0.15) is 0 Å². The first-order chi connectivity index (χ1) is 12.2. The second kappa shape index (κ2) is 6.64. The average molecular weight is 335 g/mol. The van der Waals surface area contributed by atoms with Gasteiger partial charge in [-0.1, -0.05) is 6.07 Å². The number of nitrogens with zero attached hydrogens (tertiary/aromatic N) is 3. The van der Waals surface area contributed by atoms with Crippen LogP contribution in [0.4, 0.5) is 5.82 Å². The Kier molecular flexibility index (Phi) is 4.19. The van der Waals surface area contributed by atoms with Crippen molar-refractivity contribution in [3.05, 3.63) is 42.2 Å². The largest absolute Gasteiger partial charge is 0.507 e. The maximum Gasteiger partial charge on any atom is 0.156 e. The monoisotopic (exact) mass is 335 g/mol. The number of aromatic hydroxyl groups is 1. The van der Waals surface area contributed by atoms with Gasteiger partial charge in [-0.15, -0.1) is 10.2 Å². The van der Waals surface area contributed by atoms with E-state index < -0.39 is 0 Å². The molecule has 3 heterocycles. The van der Waals surface area contributed by atoms with E-state index in [1.165, 1.54) is 0 Å². The SMILES string of the molecule is Cc1ccc(-c2nnc(N[C@@H]3CCCNC3)c3ccncc23)c(O)c1. The van der Waals surface area contributed by atoms with Gasteiger partial charge in [0.25, 0.3) is 0 Å². The molecule has 1 aliphatic rings. The van der Waals surface area contributed by atoms with Gasteiger partial charge in [-0.05, 0) is 50.1 Å². The molecule has 0 amide bonds. The number of rotatable bonds is 3. The molecular weight excluding hydrogens is 314 g/mol. The highest BCUT2D eigenvalue weighted by Gasteiger charge is 2.18. The average Bonchev–Trinajstić information content (AvgIpc) is 2.64. The van der Waals surface area contributed by atoms with E-state index in [1.807, 2.05) is 25.1 Å². The number of benzene rings is 1. The van der Waals surface area contributed by atoms with Crippen molar-refractivity contribution in [3.63, 3.8) is 0 Å². The number of anilines is 1. The van der Waals surface area contributed by atoms with Crippen LogP contribution in [-0.2, 0) is 0 Å². The number of hydrogen-bond acceptors (Lipinski definition) is 6. The van der Waals surface area contributed by atoms with Gasteiger partial charge >= 0.3 is 0 Å². The fourth-order valence-electron chi connectivity index (χ4n) is 3.31. The summed E-state index contributed by atoms with van der Waals surface area (Å²) in [6, 6.07) is 7.85. The number of fused-ring (bicyclic) bond motifs is 1. The van der Waals surface area contributed by atoms with E-state index in [2.05, 4.69) is 25.8 Å². The second-order valence-corrected chi connectivity index (χ2v) is 6.53. The lowest BCUT2D eigenvalue weighted by atomic mass is 10.0. The van der Waals surface area contributed by atoms with Gasteiger partial charge in [0.15, 0.2) is 5.82 Å². The van der Waals surface area contributed by atoms with Crippen molar-refractivity contribution >= 4 is 16.6 Å². The smallest absolute Gasteiger partial charge is 0.156 e. The molecule has 4 rings (SSSR count). The van der Waals surface area contributed by atoms with Crippen molar-refractivity contribution in [2.45, 2.75) is 25.8 Å². The van der Waals surface area contributed by atoms with Gasteiger partial charge in [0.05, 0.1) is 0 Å². The van der Waals surface area contributed by atoms with Crippen LogP contribution in [0.25, 0.3) is 22.0 Å². The summed E-state index contributed by atoms with van der Waals surface area (Å²) in [5.74, 6) is 0.970. The van der Waals surface area contributed by atoms with Crippen molar-refractivity contribution in [2.24, 2.45) is 0 Å². The quantitative estimate of drug-likeness (QED) is 0.683. The van der Waals surface area contributed by atoms with Gasteiger partial charge in [-0.3, -0.25) is 4.98 Å². The van der Waals surface area contributed by atoms with Crippen molar-refractivity contribution in [1.82, 2.24) is 20.5 Å². The highest BCUT2D eigenvalue weighted by atomic mass is 16.3. The van der Waals surface area contributed by atoms with E-state index in [0.29, 0.717) is 17.3 Å². The first-order valence-corrected chi connectivity index (χ1v) is 8.60. The van der Waals surface area contributed by atoms with Crippen LogP contribution < -0.4 is 10.6 Å². The predicted octanol–water partition coefficient (Wildman–Crippen LogP) is 2.87. The summed E-state index contributed by atoms with van der Waals surface area (Å²) >= 11 is 0. The Bertz CT molecular complexity index is 905. The van der Waals surface area contributed by atoms with Gasteiger partial charge < -0.3 is 15.7 Å². The summed E-state index contributed by atoms with van der Waals surface area (Å²) in [6.07, 6.45) is 5.80. The maximum absolute atomic E-state index is 10.3. The Labute approximate surface area is 146 Å². The summed E-state index contributed by atoms with van der Waals surface area (Å²) in [7, 11) is 0. The fourth-order valence-corrected chi connectivity index (χ4v) is 3.31. The Morgan fingerprint density at radius 1 is 1.20 bits per heavy atom. The molecule has 128 valence electrons. The number of aromatic nitrogens is 3. The summed E-state index contributed by atoms with van der Waals surface area (Å²) in [4.78, 5) is 4.24. The molecule has 0 aliphatic carbocycles. The molecule has 6 nitrogen and oxygen atoms in total. The molecule has 6 heteroatoms. The van der Waals surface area contributed by atoms with Crippen LogP contribution in [0.3, 0.4) is 0 Å². The van der Waals surface area contributed by atoms with E-state index in [9.17, 15) is 5.11 Å². The van der Waals surface area contributed by atoms with Crippen LogP contribution in [0.1, 0.15) is 18.4 Å². The molecule has 0 saturated carbocycles. The Morgan fingerprint density at radius 3 is 2.92 bits per heavy atom. The molecule has 3 aromatic rings. The van der Waals surface area contributed by atoms with Gasteiger partial charge in [0.2, 0.25) is 0 Å². The molecule has 3 N–H and O–H groups in total. The molecule has 1 aliphatic heterocycles. The van der Waals surface area contributed by atoms with Crippen LogP contribution >= 0.6 is 0 Å². The van der Waals surface area contributed by atoms with Crippen molar-refractivity contribution in [2.75, 3.05) is 18.4 Å². The first kappa shape index (κ1) is 15.8. The number of pyridine rings is 1. The molecule has 0 spiro atoms. The van der Waals surface area contributed by atoms with Crippen LogP contribution in [0.15, 0.2) is 36.7 Å². The van der Waals surface area contributed by atoms with Gasteiger partial charge in [0.1, 0.15) is 11.4 Å². The fraction of sp³-hybridized carbons (Fsp3) is 0.316. The standard InChI is InChI=1S/C19H21N5O/c1-12-4-5-15(17(25)9-12)18-16-11-21-8-6-14(16)19(24-23-18)22-13-3-2-7-20-10-13/h4-6,8-9,11,13,20,25H,2-3,7,10H2,1H3,(H,22,24)/t13-/m1/s1. The lowest BCUT2D eigenvalue weighted by Gasteiger charge is -2.24. The number of hydrogen-bond donors (Lipinski definition) is 3. The maximum atomic E-state index is 10.3. The van der Waals surface area contributed by atoms with Crippen LogP contribution in [0.2, 0.25) is 0 Å². The Balaban J connectivity index is 1.78. The normalized spacial score (nSPS) is 17.6. The molecule has 1 atom stereocenters. The third-order valence-corrected chi connectivity index (χ3v) is 4.63. The minimum atomic E-state index is 0.205. The highest BCUT2D eigenvalue weighted by Crippen LogP contribution is 2.34. The Morgan fingerprint density at radius 2 is 2.12 bits per heavy atom. The summed E-state index contributed by atoms with van der Waals surface area (Å²) < 4.78 is 0.